The van der Waals surface area contributed by atoms with Crippen LogP contribution in [0.2, 0.25) is 0 Å². The Balaban J connectivity index is 1.66. The number of quaternary nitrogens is 1. The fourth-order valence-electron chi connectivity index (χ4n) is 6.09. The number of rotatable bonds is 5. The second-order valence-corrected chi connectivity index (χ2v) is 9.05. The van der Waals surface area contributed by atoms with Crippen molar-refractivity contribution in [1.82, 2.24) is 9.47 Å². The van der Waals surface area contributed by atoms with Crippen LogP contribution in [0.3, 0.4) is 0 Å². The summed E-state index contributed by atoms with van der Waals surface area (Å²) in [6.45, 7) is 5.88. The van der Waals surface area contributed by atoms with Gasteiger partial charge >= 0.3 is 0 Å². The summed E-state index contributed by atoms with van der Waals surface area (Å²) < 4.78 is 6.06. The number of benzene rings is 2. The van der Waals surface area contributed by atoms with Crippen LogP contribution in [-0.4, -0.2) is 36.3 Å². The topological polar surface area (TPSA) is 66.1 Å². The van der Waals surface area contributed by atoms with Gasteiger partial charge in [0.05, 0.1) is 25.7 Å². The number of piperidine rings is 3. The van der Waals surface area contributed by atoms with Crippen LogP contribution in [0, 0.1) is 23.2 Å². The molecule has 0 radical (unpaired) electrons. The van der Waals surface area contributed by atoms with Crippen molar-refractivity contribution >= 4 is 16.6 Å². The summed E-state index contributed by atoms with van der Waals surface area (Å²) in [5, 5.41) is 22.7. The van der Waals surface area contributed by atoms with Gasteiger partial charge in [0.2, 0.25) is 0 Å². The molecule has 2 bridgehead atoms. The van der Waals surface area contributed by atoms with Gasteiger partial charge in [0, 0.05) is 36.4 Å². The molecule has 5 nitrogen and oxygen atoms in total. The smallest absolute Gasteiger partial charge is 0.151 e. The van der Waals surface area contributed by atoms with E-state index in [4.69, 9.17) is 4.74 Å². The van der Waals surface area contributed by atoms with Crippen LogP contribution in [0.4, 0.5) is 5.69 Å². The lowest BCUT2D eigenvalue weighted by Gasteiger charge is -2.57. The first kappa shape index (κ1) is 20.7. The zero-order valence-corrected chi connectivity index (χ0v) is 18.3. The van der Waals surface area contributed by atoms with Crippen molar-refractivity contribution in [2.24, 2.45) is 11.8 Å². The third kappa shape index (κ3) is 3.10. The lowest BCUT2D eigenvalue weighted by Crippen LogP contribution is -2.69. The minimum absolute atomic E-state index is 0.0451. The number of pyridine rings is 1. The van der Waals surface area contributed by atoms with Crippen LogP contribution in [0.15, 0.2) is 67.4 Å². The zero-order valence-electron chi connectivity index (χ0n) is 18.3. The lowest BCUT2D eigenvalue weighted by molar-refractivity contribution is -0.0394. The van der Waals surface area contributed by atoms with E-state index in [1.165, 1.54) is 0 Å². The van der Waals surface area contributed by atoms with E-state index in [-0.39, 0.29) is 6.04 Å². The third-order valence-electron chi connectivity index (χ3n) is 7.69. The first-order chi connectivity index (χ1) is 15.6. The molecule has 1 aromatic heterocycles. The van der Waals surface area contributed by atoms with E-state index in [2.05, 4.69) is 29.8 Å². The Bertz CT molecular complexity index is 1220. The number of aliphatic hydroxyl groups excluding tert-OH is 1. The zero-order chi connectivity index (χ0) is 22.3. The standard InChI is InChI=1S/C27H28N3O2/c1-3-18-17-30(25-7-5-4-6-20(25)16-28)13-11-19(18)14-26(30)27(31)22-10-12-29-24-9-8-21(32-2)15-23(22)24/h3-10,12,15,18-19,26-27,31H,1,11,13-14,17H2,2H3/q+1/t18-,19+,26+,27+,30-/m0/s1. The third-order valence-corrected chi connectivity index (χ3v) is 7.69. The van der Waals surface area contributed by atoms with Crippen molar-refractivity contribution in [1.29, 1.82) is 5.26 Å². The average molecular weight is 427 g/mol. The van der Waals surface area contributed by atoms with Gasteiger partial charge in [-0.1, -0.05) is 18.2 Å². The van der Waals surface area contributed by atoms with Crippen molar-refractivity contribution in [3.05, 3.63) is 78.5 Å². The van der Waals surface area contributed by atoms with Crippen LogP contribution in [-0.2, 0) is 0 Å². The summed E-state index contributed by atoms with van der Waals surface area (Å²) in [5.41, 5.74) is 3.41. The molecule has 3 saturated heterocycles. The van der Waals surface area contributed by atoms with Crippen molar-refractivity contribution in [2.45, 2.75) is 25.0 Å². The number of fused-ring (bicyclic) bond motifs is 4. The predicted molar refractivity (Wildman–Crippen MR) is 126 cm³/mol. The number of hydrogen-bond acceptors (Lipinski definition) is 4. The molecule has 2 aromatic carbocycles. The van der Waals surface area contributed by atoms with Gasteiger partial charge in [0.1, 0.15) is 29.5 Å². The van der Waals surface area contributed by atoms with E-state index in [0.29, 0.717) is 21.9 Å². The molecular weight excluding hydrogens is 398 g/mol. The summed E-state index contributed by atoms with van der Waals surface area (Å²) in [6, 6.07) is 17.9. The molecule has 0 unspecified atom stereocenters. The van der Waals surface area contributed by atoms with Crippen LogP contribution in [0.5, 0.6) is 5.75 Å². The van der Waals surface area contributed by atoms with Gasteiger partial charge in [0.25, 0.3) is 0 Å². The molecule has 5 heteroatoms. The second-order valence-electron chi connectivity index (χ2n) is 9.05. The van der Waals surface area contributed by atoms with Crippen LogP contribution in [0.25, 0.3) is 10.9 Å². The number of para-hydroxylation sites is 1. The Labute approximate surface area is 188 Å². The maximum atomic E-state index is 11.9. The Morgan fingerprint density at radius 1 is 1.28 bits per heavy atom. The summed E-state index contributed by atoms with van der Waals surface area (Å²) in [5.74, 6) is 1.63. The maximum absolute atomic E-state index is 11.9. The van der Waals surface area contributed by atoms with E-state index in [1.807, 2.05) is 42.5 Å². The average Bonchev–Trinajstić information content (AvgIpc) is 2.87. The molecule has 32 heavy (non-hydrogen) atoms. The highest BCUT2D eigenvalue weighted by Gasteiger charge is 2.55. The van der Waals surface area contributed by atoms with Crippen molar-refractivity contribution in [3.63, 3.8) is 0 Å². The number of hydrogen-bond donors (Lipinski definition) is 1. The van der Waals surface area contributed by atoms with E-state index >= 15 is 0 Å². The Kier molecular flexibility index (Phi) is 5.21. The van der Waals surface area contributed by atoms with Gasteiger partial charge < -0.3 is 9.84 Å². The van der Waals surface area contributed by atoms with Gasteiger partial charge in [0.15, 0.2) is 5.69 Å². The molecule has 1 N–H and O–H groups in total. The molecule has 3 fully saturated rings. The van der Waals surface area contributed by atoms with Crippen LogP contribution < -0.4 is 9.22 Å². The first-order valence-electron chi connectivity index (χ1n) is 11.2. The monoisotopic (exact) mass is 426 g/mol. The fourth-order valence-corrected chi connectivity index (χ4v) is 6.09. The molecule has 3 aromatic rings. The van der Waals surface area contributed by atoms with E-state index in [1.54, 1.807) is 13.3 Å². The molecule has 5 atom stereocenters. The highest BCUT2D eigenvalue weighted by atomic mass is 16.5. The minimum atomic E-state index is -0.687. The van der Waals surface area contributed by atoms with Gasteiger partial charge in [-0.3, -0.25) is 9.47 Å². The lowest BCUT2D eigenvalue weighted by atomic mass is 9.70. The van der Waals surface area contributed by atoms with Crippen LogP contribution in [0.1, 0.15) is 30.1 Å². The summed E-state index contributed by atoms with van der Waals surface area (Å²) in [7, 11) is 1.65. The van der Waals surface area contributed by atoms with Crippen molar-refractivity contribution < 1.29 is 9.84 Å². The quantitative estimate of drug-likeness (QED) is 0.472. The van der Waals surface area contributed by atoms with Gasteiger partial charge in [-0.2, -0.15) is 5.26 Å². The summed E-state index contributed by atoms with van der Waals surface area (Å²) in [6.07, 6.45) is 5.12. The number of aliphatic hydroxyl groups is 1. The highest BCUT2D eigenvalue weighted by Crippen LogP contribution is 2.50. The highest BCUT2D eigenvalue weighted by molar-refractivity contribution is 5.84. The van der Waals surface area contributed by atoms with Gasteiger partial charge in [-0.05, 0) is 41.8 Å². The molecular formula is C27H28N3O2+. The molecule has 3 aliphatic rings. The SMILES string of the molecule is C=C[C@H]1C[N@+]2(c3ccccc3C#N)CC[C@@H]1C[C@@H]2[C@H](O)c1ccnc2ccc(OC)cc12. The molecule has 4 heterocycles. The van der Waals surface area contributed by atoms with E-state index < -0.39 is 6.10 Å². The molecule has 0 saturated carbocycles. The maximum Gasteiger partial charge on any atom is 0.151 e. The number of ether oxygens (including phenoxy) is 1. The van der Waals surface area contributed by atoms with Crippen molar-refractivity contribution in [2.75, 3.05) is 20.2 Å². The van der Waals surface area contributed by atoms with Gasteiger partial charge in [-0.25, -0.2) is 0 Å². The normalized spacial score (nSPS) is 27.6. The molecule has 162 valence electrons. The van der Waals surface area contributed by atoms with Crippen LogP contribution >= 0.6 is 0 Å². The van der Waals surface area contributed by atoms with E-state index in [9.17, 15) is 10.4 Å². The second kappa shape index (κ2) is 8.05. The van der Waals surface area contributed by atoms with Gasteiger partial charge in [-0.15, -0.1) is 6.58 Å². The molecule has 3 aliphatic heterocycles. The fraction of sp³-hybridized carbons (Fsp3) is 0.333. The number of aromatic nitrogens is 1. The number of nitriles is 1. The van der Waals surface area contributed by atoms with Crippen molar-refractivity contribution in [3.8, 4) is 11.8 Å². The van der Waals surface area contributed by atoms with E-state index in [0.717, 1.165) is 53.8 Å². The predicted octanol–water partition coefficient (Wildman–Crippen LogP) is 4.75. The Morgan fingerprint density at radius 2 is 2.12 bits per heavy atom. The Morgan fingerprint density at radius 3 is 2.91 bits per heavy atom. The minimum Gasteiger partial charge on any atom is -0.497 e. The molecule has 0 amide bonds. The summed E-state index contributed by atoms with van der Waals surface area (Å²) in [4.78, 5) is 4.49. The summed E-state index contributed by atoms with van der Waals surface area (Å²) >= 11 is 0. The number of nitrogens with zero attached hydrogens (tertiary/aromatic N) is 3. The molecule has 0 spiro atoms. The number of methoxy groups -OCH3 is 1. The first-order valence-corrected chi connectivity index (χ1v) is 11.2. The molecule has 0 aliphatic carbocycles. The largest absolute Gasteiger partial charge is 0.497 e. The molecule has 6 rings (SSSR count). The Hall–Kier alpha value is -3.20.